The third-order valence-corrected chi connectivity index (χ3v) is 17.2. The summed E-state index contributed by atoms with van der Waals surface area (Å²) in [5.74, 6) is -0.234. The first-order valence-electron chi connectivity index (χ1n) is 29.4. The van der Waals surface area contributed by atoms with Crippen LogP contribution in [-0.2, 0) is 0 Å². The summed E-state index contributed by atoms with van der Waals surface area (Å²) in [5, 5.41) is 6.91. The number of fused-ring (bicyclic) bond motifs is 2. The lowest BCUT2D eigenvalue weighted by molar-refractivity contribution is 0.0562. The lowest BCUT2D eigenvalue weighted by Gasteiger charge is -2.33. The Balaban J connectivity index is 1.14. The molecular formula is C64H89BrN2O4. The van der Waals surface area contributed by atoms with Crippen LogP contribution in [-0.4, -0.2) is 46.5 Å². The van der Waals surface area contributed by atoms with Gasteiger partial charge < -0.3 is 0 Å². The van der Waals surface area contributed by atoms with Crippen LogP contribution in [0.1, 0.15) is 275 Å². The maximum absolute atomic E-state index is 14.8. The molecule has 0 bridgehead atoms. The van der Waals surface area contributed by atoms with Gasteiger partial charge in [-0.05, 0) is 83.3 Å². The van der Waals surface area contributed by atoms with Gasteiger partial charge in [0, 0.05) is 61.4 Å². The molecule has 5 aromatic rings. The van der Waals surface area contributed by atoms with Gasteiger partial charge in [0.2, 0.25) is 0 Å². The Morgan fingerprint density at radius 2 is 0.634 bits per heavy atom. The number of hydrogen-bond donors (Lipinski definition) is 0. The summed E-state index contributed by atoms with van der Waals surface area (Å²) in [6, 6.07) is 13.8. The van der Waals surface area contributed by atoms with Crippen molar-refractivity contribution in [1.29, 1.82) is 0 Å². The van der Waals surface area contributed by atoms with Crippen LogP contribution in [0.5, 0.6) is 0 Å². The number of imide groups is 2. The molecule has 2 unspecified atom stereocenters. The summed E-state index contributed by atoms with van der Waals surface area (Å²) >= 11 is 3.96. The molecule has 0 radical (unpaired) electrons. The summed E-state index contributed by atoms with van der Waals surface area (Å²) in [6.45, 7) is 9.96. The van der Waals surface area contributed by atoms with Gasteiger partial charge in [-0.3, -0.25) is 29.0 Å². The van der Waals surface area contributed by atoms with E-state index in [-0.39, 0.29) is 35.5 Å². The monoisotopic (exact) mass is 1030 g/mol. The molecule has 4 amide bonds. The number of unbranched alkanes of at least 4 members (excludes halogenated alkanes) is 24. The second-order valence-electron chi connectivity index (χ2n) is 22.1. The fourth-order valence-electron chi connectivity index (χ4n) is 12.5. The van der Waals surface area contributed by atoms with Crippen LogP contribution in [0.4, 0.5) is 0 Å². The third kappa shape index (κ3) is 13.3. The molecule has 2 aliphatic rings. The van der Waals surface area contributed by atoms with Gasteiger partial charge in [-0.2, -0.15) is 0 Å². The Morgan fingerprint density at radius 1 is 0.338 bits per heavy atom. The number of benzene rings is 5. The van der Waals surface area contributed by atoms with Crippen LogP contribution in [0.3, 0.4) is 0 Å². The first-order chi connectivity index (χ1) is 34.7. The average molecular weight is 1030 g/mol. The van der Waals surface area contributed by atoms with Gasteiger partial charge in [-0.15, -0.1) is 0 Å². The second-order valence-corrected chi connectivity index (χ2v) is 22.9. The summed E-state index contributed by atoms with van der Waals surface area (Å²) in [5.41, 5.74) is 2.31. The van der Waals surface area contributed by atoms with Gasteiger partial charge in [0.1, 0.15) is 0 Å². The van der Waals surface area contributed by atoms with Crippen molar-refractivity contribution in [1.82, 2.24) is 9.80 Å². The first-order valence-corrected chi connectivity index (χ1v) is 30.2. The molecule has 7 rings (SSSR count). The SMILES string of the molecule is CCCCCCCCCCC(CCCCCCCC)CN1C(=O)c2ccc3c4ccc5c6c(cc(Br)c(c7ccc(c2c37)C1=O)c64)C(=O)N(CC(CCCCCCCC)CCCCCCCCCC)C5=O. The molecule has 7 heteroatoms. The fraction of sp³-hybridized carbons (Fsp3) is 0.625. The first kappa shape index (κ1) is 54.9. The Morgan fingerprint density at radius 3 is 1.00 bits per heavy atom. The Kier molecular flexibility index (Phi) is 21.7. The van der Waals surface area contributed by atoms with E-state index in [2.05, 4.69) is 43.6 Å². The molecule has 0 saturated carbocycles. The van der Waals surface area contributed by atoms with E-state index in [1.54, 1.807) is 9.80 Å². The van der Waals surface area contributed by atoms with Crippen molar-refractivity contribution in [3.05, 3.63) is 69.2 Å². The lowest BCUT2D eigenvalue weighted by Crippen LogP contribution is -2.43. The number of hydrogen-bond acceptors (Lipinski definition) is 4. The lowest BCUT2D eigenvalue weighted by atomic mass is 9.82. The van der Waals surface area contributed by atoms with Gasteiger partial charge in [0.25, 0.3) is 23.6 Å². The molecule has 5 aromatic carbocycles. The third-order valence-electron chi connectivity index (χ3n) is 16.6. The topological polar surface area (TPSA) is 74.8 Å². The van der Waals surface area contributed by atoms with Gasteiger partial charge >= 0.3 is 0 Å². The zero-order valence-electron chi connectivity index (χ0n) is 44.6. The minimum Gasteiger partial charge on any atom is -0.274 e. The molecule has 6 nitrogen and oxygen atoms in total. The van der Waals surface area contributed by atoms with Crippen LogP contribution in [0, 0.1) is 11.8 Å². The normalized spacial score (nSPS) is 14.7. The zero-order valence-corrected chi connectivity index (χ0v) is 46.2. The highest BCUT2D eigenvalue weighted by Crippen LogP contribution is 2.49. The molecule has 386 valence electrons. The highest BCUT2D eigenvalue weighted by molar-refractivity contribution is 9.10. The van der Waals surface area contributed by atoms with Crippen LogP contribution < -0.4 is 0 Å². The van der Waals surface area contributed by atoms with Crippen molar-refractivity contribution >= 4 is 82.6 Å². The summed E-state index contributed by atoms with van der Waals surface area (Å²) in [7, 11) is 0. The maximum atomic E-state index is 14.8. The highest BCUT2D eigenvalue weighted by Gasteiger charge is 2.38. The van der Waals surface area contributed by atoms with Gasteiger partial charge in [0.15, 0.2) is 0 Å². The molecule has 0 N–H and O–H groups in total. The van der Waals surface area contributed by atoms with Crippen LogP contribution >= 0.6 is 15.9 Å². The number of amides is 4. The molecule has 0 spiro atoms. The quantitative estimate of drug-likeness (QED) is 0.0173. The summed E-state index contributed by atoms with van der Waals surface area (Å²) in [6.07, 6.45) is 39.2. The van der Waals surface area contributed by atoms with Crippen molar-refractivity contribution in [2.24, 2.45) is 11.8 Å². The predicted molar refractivity (Wildman–Crippen MR) is 304 cm³/mol. The molecule has 0 aromatic heterocycles. The van der Waals surface area contributed by atoms with Crippen molar-refractivity contribution in [2.45, 2.75) is 233 Å². The van der Waals surface area contributed by atoms with Crippen molar-refractivity contribution in [3.63, 3.8) is 0 Å². The molecule has 0 fully saturated rings. The average Bonchev–Trinajstić information content (AvgIpc) is 3.37. The number of halogens is 1. The van der Waals surface area contributed by atoms with E-state index < -0.39 is 0 Å². The minimum atomic E-state index is -0.208. The van der Waals surface area contributed by atoms with E-state index >= 15 is 0 Å². The maximum Gasteiger partial charge on any atom is 0.261 e. The van der Waals surface area contributed by atoms with Crippen molar-refractivity contribution < 1.29 is 19.2 Å². The van der Waals surface area contributed by atoms with E-state index in [1.165, 1.54) is 154 Å². The molecule has 71 heavy (non-hydrogen) atoms. The smallest absolute Gasteiger partial charge is 0.261 e. The molecule has 2 aliphatic heterocycles. The highest BCUT2D eigenvalue weighted by atomic mass is 79.9. The predicted octanol–water partition coefficient (Wildman–Crippen LogP) is 19.5. The standard InChI is InChI=1S/C64H89BrN2O4/c1-5-9-13-17-21-23-27-31-35-46(33-29-25-19-15-11-7-3)44-66-61(68)51-40-37-48-49-38-41-53-58-54(43-55(65)59(60(49)58)50-39-42-52(62(66)69)57(51)56(48)50)64(71)67(63(53)70)45-47(34-30-26-20-16-12-8-4)36-32-28-24-22-18-14-10-6-2/h37-43,46-47H,5-36,44-45H2,1-4H3. The van der Waals surface area contributed by atoms with E-state index in [0.717, 1.165) is 93.5 Å². The Bertz CT molecular complexity index is 2520. The Hall–Kier alpha value is -3.84. The van der Waals surface area contributed by atoms with E-state index in [9.17, 15) is 19.2 Å². The van der Waals surface area contributed by atoms with Crippen LogP contribution in [0.15, 0.2) is 46.9 Å². The number of carbonyl (C=O) groups excluding carboxylic acids is 4. The summed E-state index contributed by atoms with van der Waals surface area (Å²) < 4.78 is 0.781. The zero-order chi connectivity index (χ0) is 50.1. The number of nitrogens with zero attached hydrogens (tertiary/aromatic N) is 2. The van der Waals surface area contributed by atoms with Crippen molar-refractivity contribution in [3.8, 4) is 0 Å². The molecule has 0 aliphatic carbocycles. The minimum absolute atomic E-state index is 0.196. The van der Waals surface area contributed by atoms with Gasteiger partial charge in [0.05, 0.1) is 0 Å². The molecular weight excluding hydrogens is 941 g/mol. The number of carbonyl (C=O) groups is 4. The molecule has 0 saturated heterocycles. The van der Waals surface area contributed by atoms with Gasteiger partial charge in [-0.25, -0.2) is 0 Å². The molecule has 2 atom stereocenters. The van der Waals surface area contributed by atoms with E-state index in [0.29, 0.717) is 40.7 Å². The van der Waals surface area contributed by atoms with Crippen LogP contribution in [0.2, 0.25) is 0 Å². The summed E-state index contributed by atoms with van der Waals surface area (Å²) in [4.78, 5) is 62.0. The van der Waals surface area contributed by atoms with E-state index in [4.69, 9.17) is 0 Å². The largest absolute Gasteiger partial charge is 0.274 e. The van der Waals surface area contributed by atoms with E-state index in [1.807, 2.05) is 42.5 Å². The van der Waals surface area contributed by atoms with Crippen molar-refractivity contribution in [2.75, 3.05) is 13.1 Å². The van der Waals surface area contributed by atoms with Crippen LogP contribution in [0.25, 0.3) is 43.1 Å². The van der Waals surface area contributed by atoms with Gasteiger partial charge in [-0.1, -0.05) is 242 Å². The second kappa shape index (κ2) is 28.0. The number of rotatable bonds is 36. The fourth-order valence-corrected chi connectivity index (χ4v) is 13.1. The Labute approximate surface area is 436 Å². The molecule has 2 heterocycles.